The molecule has 0 bridgehead atoms. The van der Waals surface area contributed by atoms with E-state index in [4.69, 9.17) is 14.2 Å². The number of hydrogen-bond donors (Lipinski definition) is 8. The first-order valence-corrected chi connectivity index (χ1v) is 18.1. The van der Waals surface area contributed by atoms with Crippen molar-refractivity contribution < 1.29 is 90.8 Å². The minimum Gasteiger partial charge on any atom is -1.00 e. The van der Waals surface area contributed by atoms with Gasteiger partial charge in [-0.1, -0.05) is 43.8 Å². The number of aliphatic hydroxyl groups is 2. The standard InChI is InChI=1S/2C15H14O4.C15H12O4.CH4.B.Na.H/c3*16-10-3-1-9(2-4-10)13-8-19-14-7-11(17)5-6-12(14)15(13)18;;;;/h2*1-7,13,15-18H,8H2;1-7,13,16-17H,8H2;1H4;;;/q;;;;;+1;-1/t2*13-,15-;;;;;/m10...../s1. The third-order valence-electron chi connectivity index (χ3n) is 10.1. The van der Waals surface area contributed by atoms with Crippen LogP contribution in [0.4, 0.5) is 0 Å². The molecule has 6 aromatic rings. The van der Waals surface area contributed by atoms with Gasteiger partial charge in [0.2, 0.25) is 0 Å². The van der Waals surface area contributed by atoms with Crippen molar-refractivity contribution in [3.8, 4) is 51.7 Å². The monoisotopic (exact) mass is 823 g/mol. The summed E-state index contributed by atoms with van der Waals surface area (Å²) in [6.45, 7) is 0.908. The maximum absolute atomic E-state index is 12.4. The Labute approximate surface area is 372 Å². The molecule has 3 aliphatic heterocycles. The van der Waals surface area contributed by atoms with Gasteiger partial charge in [-0.05, 0) is 89.5 Å². The minimum atomic E-state index is -0.686. The molecule has 305 valence electrons. The van der Waals surface area contributed by atoms with Gasteiger partial charge in [-0.25, -0.2) is 0 Å². The van der Waals surface area contributed by atoms with Gasteiger partial charge in [-0.3, -0.25) is 4.79 Å². The number of phenolic OH excluding ortho intramolecular Hbond substituents is 6. The molecule has 12 nitrogen and oxygen atoms in total. The summed E-state index contributed by atoms with van der Waals surface area (Å²) in [6.07, 6.45) is -1.37. The normalized spacial score (nSPS) is 19.2. The third kappa shape index (κ3) is 10.5. The Morgan fingerprint density at radius 2 is 0.783 bits per heavy atom. The minimum absolute atomic E-state index is 0. The molecule has 3 radical (unpaired) electrons. The van der Waals surface area contributed by atoms with E-state index in [1.165, 1.54) is 36.4 Å². The van der Waals surface area contributed by atoms with Crippen molar-refractivity contribution in [3.05, 3.63) is 161 Å². The Balaban J connectivity index is 0.000000236. The molecule has 0 fully saturated rings. The van der Waals surface area contributed by atoms with Crippen molar-refractivity contribution in [2.75, 3.05) is 19.8 Å². The number of carbonyl (C=O) groups is 1. The Kier molecular flexibility index (Phi) is 16.0. The zero-order valence-corrected chi connectivity index (χ0v) is 33.9. The van der Waals surface area contributed by atoms with Crippen LogP contribution >= 0.6 is 0 Å². The van der Waals surface area contributed by atoms with Gasteiger partial charge < -0.3 is 56.5 Å². The van der Waals surface area contributed by atoms with Gasteiger partial charge in [-0.2, -0.15) is 0 Å². The SMILES string of the molecule is C.O=C1c2ccc(O)cc2OCC1c1ccc(O)cc1.Oc1ccc([C@@H]2COc3cc(O)ccc3[C@@H]2O)cc1.Oc1ccc([C@H]2COc3cc(O)ccc3[C@H]2O)cc1.[B].[H-].[Na+]. The summed E-state index contributed by atoms with van der Waals surface area (Å²) in [5.74, 6) is 1.54. The van der Waals surface area contributed by atoms with Gasteiger partial charge in [0.15, 0.2) is 5.78 Å². The van der Waals surface area contributed by atoms with E-state index in [-0.39, 0.29) is 111 Å². The fraction of sp³-hybridized carbons (Fsp3) is 0.196. The number of carbonyl (C=O) groups excluding carboxylic acids is 1. The van der Waals surface area contributed by atoms with E-state index >= 15 is 0 Å². The molecule has 0 aromatic heterocycles. The molecule has 0 amide bonds. The van der Waals surface area contributed by atoms with Gasteiger partial charge in [0.1, 0.15) is 58.4 Å². The van der Waals surface area contributed by atoms with Crippen molar-refractivity contribution >= 4 is 14.2 Å². The Morgan fingerprint density at radius 1 is 0.450 bits per heavy atom. The van der Waals surface area contributed by atoms with Crippen LogP contribution in [0.1, 0.15) is 77.0 Å². The Morgan fingerprint density at radius 3 is 1.20 bits per heavy atom. The van der Waals surface area contributed by atoms with Crippen molar-refractivity contribution in [1.29, 1.82) is 0 Å². The molecule has 0 saturated carbocycles. The summed E-state index contributed by atoms with van der Waals surface area (Å²) in [6, 6.07) is 33.9. The number of hydrogen-bond acceptors (Lipinski definition) is 12. The van der Waals surface area contributed by atoms with Crippen LogP contribution in [0.5, 0.6) is 51.7 Å². The smallest absolute Gasteiger partial charge is 1.00 e. The number of phenols is 6. The molecule has 8 N–H and O–H groups in total. The molecule has 3 heterocycles. The molecular weight excluding hydrogens is 778 g/mol. The van der Waals surface area contributed by atoms with E-state index < -0.39 is 12.2 Å². The van der Waals surface area contributed by atoms with Crippen LogP contribution < -0.4 is 43.8 Å². The van der Waals surface area contributed by atoms with Crippen LogP contribution in [-0.2, 0) is 0 Å². The molecule has 60 heavy (non-hydrogen) atoms. The summed E-state index contributed by atoms with van der Waals surface area (Å²) < 4.78 is 16.7. The van der Waals surface area contributed by atoms with Gasteiger partial charge in [-0.15, -0.1) is 0 Å². The first-order chi connectivity index (χ1) is 27.4. The van der Waals surface area contributed by atoms with Crippen LogP contribution in [0.2, 0.25) is 0 Å². The molecule has 0 aliphatic carbocycles. The average Bonchev–Trinajstić information content (AvgIpc) is 3.20. The fourth-order valence-corrected chi connectivity index (χ4v) is 6.98. The molecule has 3 aliphatic rings. The second-order valence-corrected chi connectivity index (χ2v) is 13.9. The van der Waals surface area contributed by atoms with Gasteiger partial charge in [0.05, 0.1) is 36.9 Å². The van der Waals surface area contributed by atoms with E-state index in [1.54, 1.807) is 91.0 Å². The number of fused-ring (bicyclic) bond motifs is 3. The van der Waals surface area contributed by atoms with Crippen LogP contribution in [0, 0.1) is 0 Å². The topological polar surface area (TPSA) is 207 Å². The average molecular weight is 824 g/mol. The van der Waals surface area contributed by atoms with E-state index in [0.29, 0.717) is 47.2 Å². The molecule has 5 atom stereocenters. The summed E-state index contributed by atoms with van der Waals surface area (Å²) in [5.41, 5.74) is 4.43. The summed E-state index contributed by atoms with van der Waals surface area (Å²) in [5, 5.41) is 76.8. The summed E-state index contributed by atoms with van der Waals surface area (Å²) in [4.78, 5) is 12.4. The first-order valence-electron chi connectivity index (χ1n) is 18.1. The van der Waals surface area contributed by atoms with Gasteiger partial charge >= 0.3 is 29.6 Å². The number of aromatic hydroxyl groups is 6. The number of aliphatic hydroxyl groups excluding tert-OH is 2. The van der Waals surface area contributed by atoms with E-state index in [0.717, 1.165) is 16.7 Å². The van der Waals surface area contributed by atoms with E-state index in [1.807, 2.05) is 0 Å². The predicted octanol–water partition coefficient (Wildman–Crippen LogP) is 4.44. The first kappa shape index (κ1) is 46.9. The number of ketones is 1. The second kappa shape index (κ2) is 20.4. The van der Waals surface area contributed by atoms with Crippen LogP contribution in [0.25, 0.3) is 0 Å². The van der Waals surface area contributed by atoms with Crippen LogP contribution in [0.3, 0.4) is 0 Å². The maximum Gasteiger partial charge on any atom is 1.00 e. The summed E-state index contributed by atoms with van der Waals surface area (Å²) >= 11 is 0. The van der Waals surface area contributed by atoms with E-state index in [9.17, 15) is 45.6 Å². The van der Waals surface area contributed by atoms with Crippen molar-refractivity contribution in [3.63, 3.8) is 0 Å². The maximum atomic E-state index is 12.4. The molecular formula is C46H45BNaO12. The number of Topliss-reactive ketones (excluding diaryl/α,β-unsaturated/α-hetero) is 1. The zero-order chi connectivity index (χ0) is 40.2. The molecule has 14 heteroatoms. The Hall–Kier alpha value is -5.83. The quantitative estimate of drug-likeness (QED) is 0.117. The molecule has 1 unspecified atom stereocenters. The van der Waals surface area contributed by atoms with E-state index in [2.05, 4.69) is 0 Å². The van der Waals surface area contributed by atoms with Crippen molar-refractivity contribution in [1.82, 2.24) is 0 Å². The summed E-state index contributed by atoms with van der Waals surface area (Å²) in [7, 11) is 0. The third-order valence-corrected chi connectivity index (χ3v) is 10.1. The van der Waals surface area contributed by atoms with Crippen LogP contribution in [0.15, 0.2) is 127 Å². The predicted molar refractivity (Wildman–Crippen MR) is 221 cm³/mol. The van der Waals surface area contributed by atoms with Crippen LogP contribution in [-0.4, -0.2) is 74.9 Å². The molecule has 0 spiro atoms. The number of rotatable bonds is 3. The molecule has 9 rings (SSSR count). The molecule has 0 saturated heterocycles. The zero-order valence-electron chi connectivity index (χ0n) is 32.9. The largest absolute Gasteiger partial charge is 1.00 e. The van der Waals surface area contributed by atoms with Gasteiger partial charge in [0.25, 0.3) is 0 Å². The van der Waals surface area contributed by atoms with Crippen molar-refractivity contribution in [2.24, 2.45) is 0 Å². The fourth-order valence-electron chi connectivity index (χ4n) is 6.98. The number of benzene rings is 6. The Bertz CT molecular complexity index is 2260. The second-order valence-electron chi connectivity index (χ2n) is 13.9. The number of ether oxygens (including phenoxy) is 3. The molecule has 6 aromatic carbocycles. The van der Waals surface area contributed by atoms with Gasteiger partial charge in [0, 0.05) is 49.6 Å². The van der Waals surface area contributed by atoms with Crippen molar-refractivity contribution in [2.45, 2.75) is 37.4 Å².